The van der Waals surface area contributed by atoms with Crippen molar-refractivity contribution in [3.8, 4) is 0 Å². The van der Waals surface area contributed by atoms with Gasteiger partial charge in [-0.3, -0.25) is 9.69 Å². The van der Waals surface area contributed by atoms with Gasteiger partial charge in [-0.25, -0.2) is 0 Å². The number of nitrogens with one attached hydrogen (secondary N) is 1. The monoisotopic (exact) mass is 310 g/mol. The number of hydrogen-bond donors (Lipinski definition) is 1. The summed E-state index contributed by atoms with van der Waals surface area (Å²) in [5.74, 6) is 0.0934. The van der Waals surface area contributed by atoms with Crippen molar-refractivity contribution in [3.05, 3.63) is 22.4 Å². The summed E-state index contributed by atoms with van der Waals surface area (Å²) in [5, 5.41) is 7.10. The first-order valence-electron chi connectivity index (χ1n) is 7.55. The summed E-state index contributed by atoms with van der Waals surface area (Å²) in [6.07, 6.45) is 0.958. The lowest BCUT2D eigenvalue weighted by Gasteiger charge is -2.45. The van der Waals surface area contributed by atoms with Gasteiger partial charge in [-0.2, -0.15) is 11.3 Å². The van der Waals surface area contributed by atoms with Crippen molar-refractivity contribution < 1.29 is 9.53 Å². The summed E-state index contributed by atoms with van der Waals surface area (Å²) in [5.41, 5.74) is 1.03. The van der Waals surface area contributed by atoms with Crippen LogP contribution in [-0.4, -0.2) is 48.2 Å². The van der Waals surface area contributed by atoms with Gasteiger partial charge in [-0.05, 0) is 50.1 Å². The van der Waals surface area contributed by atoms with Crippen molar-refractivity contribution in [1.82, 2.24) is 10.2 Å². The summed E-state index contributed by atoms with van der Waals surface area (Å²) >= 11 is 1.63. The van der Waals surface area contributed by atoms with Crippen LogP contribution in [0.2, 0.25) is 0 Å². The minimum absolute atomic E-state index is 0.0589. The molecule has 1 saturated heterocycles. The van der Waals surface area contributed by atoms with Crippen LogP contribution < -0.4 is 5.32 Å². The minimum atomic E-state index is -0.0589. The summed E-state index contributed by atoms with van der Waals surface area (Å²) in [4.78, 5) is 14.4. The normalized spacial score (nSPS) is 24.0. The molecule has 1 fully saturated rings. The van der Waals surface area contributed by atoms with Gasteiger partial charge in [0.25, 0.3) is 0 Å². The van der Waals surface area contributed by atoms with Crippen LogP contribution in [0.25, 0.3) is 0 Å². The molecule has 1 N–H and O–H groups in total. The van der Waals surface area contributed by atoms with Crippen molar-refractivity contribution in [2.24, 2.45) is 0 Å². The van der Waals surface area contributed by atoms with E-state index in [9.17, 15) is 4.79 Å². The molecule has 0 aliphatic carbocycles. The maximum absolute atomic E-state index is 12.0. The third-order valence-corrected chi connectivity index (χ3v) is 4.67. The molecule has 1 aliphatic heterocycles. The standard InChI is InChI=1S/C16H26N2O2S/c1-12-8-18(9-13(2)20-12)16(3,4)11-17-15(19)7-14-5-6-21-10-14/h5-6,10,12-13H,7-9,11H2,1-4H3,(H,17,19)/t12-,13-/m0/s1. The Hall–Kier alpha value is -0.910. The molecule has 0 aromatic carbocycles. The van der Waals surface area contributed by atoms with Crippen LogP contribution in [0.15, 0.2) is 16.8 Å². The molecule has 118 valence electrons. The van der Waals surface area contributed by atoms with E-state index in [1.165, 1.54) is 0 Å². The molecule has 1 aromatic heterocycles. The molecule has 0 radical (unpaired) electrons. The number of ether oxygens (including phenoxy) is 1. The number of thiophene rings is 1. The molecule has 1 aromatic rings. The molecule has 5 heteroatoms. The fourth-order valence-electron chi connectivity index (χ4n) is 2.74. The van der Waals surface area contributed by atoms with E-state index >= 15 is 0 Å². The average molecular weight is 310 g/mol. The highest BCUT2D eigenvalue weighted by molar-refractivity contribution is 7.07. The Balaban J connectivity index is 1.84. The van der Waals surface area contributed by atoms with Gasteiger partial charge in [0.2, 0.25) is 5.91 Å². The maximum Gasteiger partial charge on any atom is 0.224 e. The maximum atomic E-state index is 12.0. The summed E-state index contributed by atoms with van der Waals surface area (Å²) < 4.78 is 5.78. The predicted octanol–water partition coefficient (Wildman–Crippen LogP) is 2.29. The van der Waals surface area contributed by atoms with Gasteiger partial charge in [0.1, 0.15) is 0 Å². The van der Waals surface area contributed by atoms with Gasteiger partial charge >= 0.3 is 0 Å². The Morgan fingerprint density at radius 2 is 2.10 bits per heavy atom. The van der Waals surface area contributed by atoms with E-state index < -0.39 is 0 Å². The lowest BCUT2D eigenvalue weighted by atomic mass is 10.00. The first kappa shape index (κ1) is 16.5. The quantitative estimate of drug-likeness (QED) is 0.907. The molecule has 1 aliphatic rings. The second-order valence-corrected chi connectivity index (χ2v) is 7.34. The fourth-order valence-corrected chi connectivity index (χ4v) is 3.41. The van der Waals surface area contributed by atoms with Crippen LogP contribution >= 0.6 is 11.3 Å². The number of amides is 1. The molecule has 2 rings (SSSR count). The Morgan fingerprint density at radius 1 is 1.43 bits per heavy atom. The predicted molar refractivity (Wildman–Crippen MR) is 86.7 cm³/mol. The number of rotatable bonds is 5. The first-order chi connectivity index (χ1) is 9.87. The molecule has 0 bridgehead atoms. The molecule has 0 unspecified atom stereocenters. The topological polar surface area (TPSA) is 41.6 Å². The third kappa shape index (κ3) is 4.80. The number of nitrogens with zero attached hydrogens (tertiary/aromatic N) is 1. The van der Waals surface area contributed by atoms with Crippen molar-refractivity contribution in [2.75, 3.05) is 19.6 Å². The number of morpholine rings is 1. The smallest absolute Gasteiger partial charge is 0.224 e. The van der Waals surface area contributed by atoms with Gasteiger partial charge in [0.05, 0.1) is 18.6 Å². The second-order valence-electron chi connectivity index (χ2n) is 6.56. The average Bonchev–Trinajstić information content (AvgIpc) is 2.88. The highest BCUT2D eigenvalue weighted by Crippen LogP contribution is 2.20. The SMILES string of the molecule is C[C@H]1CN(C(C)(C)CNC(=O)Cc2ccsc2)C[C@H](C)O1. The lowest BCUT2D eigenvalue weighted by molar-refractivity contribution is -0.122. The van der Waals surface area contributed by atoms with E-state index in [0.29, 0.717) is 13.0 Å². The number of hydrogen-bond acceptors (Lipinski definition) is 4. The lowest BCUT2D eigenvalue weighted by Crippen LogP contribution is -2.58. The molecular weight excluding hydrogens is 284 g/mol. The van der Waals surface area contributed by atoms with Crippen LogP contribution in [0.4, 0.5) is 0 Å². The van der Waals surface area contributed by atoms with Gasteiger partial charge in [-0.15, -0.1) is 0 Å². The zero-order valence-electron chi connectivity index (χ0n) is 13.4. The molecule has 1 amide bonds. The van der Waals surface area contributed by atoms with Crippen LogP contribution in [0.3, 0.4) is 0 Å². The van der Waals surface area contributed by atoms with Crippen LogP contribution in [0.1, 0.15) is 33.3 Å². The summed E-state index contributed by atoms with van der Waals surface area (Å²) in [6, 6.07) is 2.00. The van der Waals surface area contributed by atoms with Crippen LogP contribution in [0, 0.1) is 0 Å². The van der Waals surface area contributed by atoms with E-state index in [1.54, 1.807) is 11.3 Å². The summed E-state index contributed by atoms with van der Waals surface area (Å²) in [7, 11) is 0. The van der Waals surface area contributed by atoms with Gasteiger partial charge in [0.15, 0.2) is 0 Å². The van der Waals surface area contributed by atoms with Crippen molar-refractivity contribution in [2.45, 2.75) is 51.9 Å². The fraction of sp³-hybridized carbons (Fsp3) is 0.688. The van der Waals surface area contributed by atoms with E-state index in [2.05, 4.69) is 37.9 Å². The molecule has 4 nitrogen and oxygen atoms in total. The minimum Gasteiger partial charge on any atom is -0.373 e. The number of carbonyl (C=O) groups is 1. The molecule has 0 saturated carbocycles. The third-order valence-electron chi connectivity index (χ3n) is 3.94. The second kappa shape index (κ2) is 6.90. The Kier molecular flexibility index (Phi) is 5.41. The molecule has 2 atom stereocenters. The number of carbonyl (C=O) groups excluding carboxylic acids is 1. The Bertz CT molecular complexity index is 449. The van der Waals surface area contributed by atoms with Crippen molar-refractivity contribution in [3.63, 3.8) is 0 Å². The first-order valence-corrected chi connectivity index (χ1v) is 8.49. The highest BCUT2D eigenvalue weighted by Gasteiger charge is 2.33. The Labute approximate surface area is 131 Å². The van der Waals surface area contributed by atoms with Crippen LogP contribution in [0.5, 0.6) is 0 Å². The van der Waals surface area contributed by atoms with Crippen LogP contribution in [-0.2, 0) is 16.0 Å². The molecule has 2 heterocycles. The van der Waals surface area contributed by atoms with Gasteiger partial charge in [-0.1, -0.05) is 0 Å². The van der Waals surface area contributed by atoms with Gasteiger partial charge < -0.3 is 10.1 Å². The Morgan fingerprint density at radius 3 is 2.67 bits per heavy atom. The van der Waals surface area contributed by atoms with Gasteiger partial charge in [0, 0.05) is 25.2 Å². The molecule has 0 spiro atoms. The van der Waals surface area contributed by atoms with E-state index in [1.807, 2.05) is 16.8 Å². The largest absolute Gasteiger partial charge is 0.373 e. The zero-order valence-corrected chi connectivity index (χ0v) is 14.2. The van der Waals surface area contributed by atoms with E-state index in [0.717, 1.165) is 18.7 Å². The zero-order chi connectivity index (χ0) is 15.5. The van der Waals surface area contributed by atoms with E-state index in [-0.39, 0.29) is 23.7 Å². The van der Waals surface area contributed by atoms with Crippen molar-refractivity contribution in [1.29, 1.82) is 0 Å². The van der Waals surface area contributed by atoms with E-state index in [4.69, 9.17) is 4.74 Å². The highest BCUT2D eigenvalue weighted by atomic mass is 32.1. The molecule has 21 heavy (non-hydrogen) atoms. The van der Waals surface area contributed by atoms with Crippen molar-refractivity contribution >= 4 is 17.2 Å². The molecular formula is C16H26N2O2S. The summed E-state index contributed by atoms with van der Waals surface area (Å²) in [6.45, 7) is 11.1.